The van der Waals surface area contributed by atoms with Crippen LogP contribution in [0.1, 0.15) is 63.7 Å². The van der Waals surface area contributed by atoms with Gasteiger partial charge in [0, 0.05) is 21.6 Å². The number of halogens is 3. The largest absolute Gasteiger partial charge is 0.469 e. The highest BCUT2D eigenvalue weighted by atomic mass is 32.2. The Bertz CT molecular complexity index is 1270. The van der Waals surface area contributed by atoms with E-state index < -0.39 is 11.7 Å². The number of carbonyl (C=O) groups excluding carboxylic acids is 2. The van der Waals surface area contributed by atoms with Crippen LogP contribution < -0.4 is 5.32 Å². The van der Waals surface area contributed by atoms with Crippen molar-refractivity contribution in [2.24, 2.45) is 5.41 Å². The van der Waals surface area contributed by atoms with Crippen LogP contribution in [0.25, 0.3) is 11.1 Å². The zero-order chi connectivity index (χ0) is 28.3. The Morgan fingerprint density at radius 2 is 1.61 bits per heavy atom. The molecule has 1 unspecified atom stereocenters. The van der Waals surface area contributed by atoms with Crippen molar-refractivity contribution in [3.8, 4) is 11.1 Å². The van der Waals surface area contributed by atoms with Crippen molar-refractivity contribution in [1.82, 2.24) is 5.32 Å². The summed E-state index contributed by atoms with van der Waals surface area (Å²) < 4.78 is 43.6. The highest BCUT2D eigenvalue weighted by Crippen LogP contribution is 2.50. The molecule has 1 amide bonds. The highest BCUT2D eigenvalue weighted by molar-refractivity contribution is 7.99. The number of carbonyl (C=O) groups is 2. The molecule has 0 saturated heterocycles. The molecular weight excluding hydrogens is 531 g/mol. The van der Waals surface area contributed by atoms with Gasteiger partial charge in [-0.2, -0.15) is 13.2 Å². The fraction of sp³-hybridized carbons (Fsp3) is 0.379. The van der Waals surface area contributed by atoms with E-state index in [4.69, 9.17) is 0 Å². The lowest BCUT2D eigenvalue weighted by atomic mass is 9.91. The summed E-state index contributed by atoms with van der Waals surface area (Å²) in [7, 11) is 1.31. The molecule has 3 aromatic rings. The molecule has 1 aromatic heterocycles. The first-order valence-corrected chi connectivity index (χ1v) is 13.8. The second-order valence-corrected chi connectivity index (χ2v) is 12.4. The third kappa shape index (κ3) is 7.41. The maximum Gasteiger partial charge on any atom is 0.416 e. The fourth-order valence-corrected chi connectivity index (χ4v) is 6.90. The van der Waals surface area contributed by atoms with E-state index in [-0.39, 0.29) is 35.5 Å². The first-order chi connectivity index (χ1) is 17.7. The Morgan fingerprint density at radius 3 is 2.13 bits per heavy atom. The molecule has 0 aliphatic heterocycles. The zero-order valence-electron chi connectivity index (χ0n) is 22.3. The molecule has 2 aromatic carbocycles. The van der Waals surface area contributed by atoms with Gasteiger partial charge in [-0.1, -0.05) is 32.9 Å². The average Bonchev–Trinajstić information content (AvgIpc) is 3.31. The van der Waals surface area contributed by atoms with Crippen LogP contribution in [0.15, 0.2) is 53.4 Å². The van der Waals surface area contributed by atoms with E-state index in [1.54, 1.807) is 17.8 Å². The number of esters is 1. The van der Waals surface area contributed by atoms with Gasteiger partial charge in [-0.15, -0.1) is 23.1 Å². The number of methoxy groups -OCH3 is 1. The standard InChI is InChI=1S/C29H32F3NO3S2/c1-17-15-21(16-18(2)25(17)19-7-9-20(10-8-19)29(30,31)32)37-26(28(3,4)5)22-11-12-23(38-22)27(35)33-14-13-24(34)36-6/h7-12,15-16,26H,13-14H2,1-6H3,(H,33,35). The first-order valence-electron chi connectivity index (χ1n) is 12.1. The summed E-state index contributed by atoms with van der Waals surface area (Å²) >= 11 is 3.14. The Balaban J connectivity index is 1.82. The summed E-state index contributed by atoms with van der Waals surface area (Å²) in [6.45, 7) is 10.6. The molecule has 38 heavy (non-hydrogen) atoms. The Labute approximate surface area is 230 Å². The molecule has 0 radical (unpaired) electrons. The minimum atomic E-state index is -4.36. The predicted octanol–water partition coefficient (Wildman–Crippen LogP) is 8.22. The van der Waals surface area contributed by atoms with Gasteiger partial charge in [-0.25, -0.2) is 0 Å². The lowest BCUT2D eigenvalue weighted by Crippen LogP contribution is -2.25. The monoisotopic (exact) mass is 563 g/mol. The average molecular weight is 564 g/mol. The first kappa shape index (κ1) is 29.8. The molecule has 9 heteroatoms. The molecule has 0 aliphatic carbocycles. The van der Waals surface area contributed by atoms with Crippen molar-refractivity contribution < 1.29 is 27.5 Å². The summed E-state index contributed by atoms with van der Waals surface area (Å²) in [4.78, 5) is 26.5. The molecule has 0 bridgehead atoms. The molecule has 4 nitrogen and oxygen atoms in total. The van der Waals surface area contributed by atoms with Gasteiger partial charge in [0.2, 0.25) is 0 Å². The lowest BCUT2D eigenvalue weighted by molar-refractivity contribution is -0.140. The normalized spacial score (nSPS) is 12.8. The van der Waals surface area contributed by atoms with Crippen molar-refractivity contribution in [1.29, 1.82) is 0 Å². The van der Waals surface area contributed by atoms with Gasteiger partial charge in [0.25, 0.3) is 5.91 Å². The number of ether oxygens (including phenoxy) is 1. The van der Waals surface area contributed by atoms with Crippen molar-refractivity contribution in [3.05, 3.63) is 75.0 Å². The van der Waals surface area contributed by atoms with Crippen LogP contribution in [0.4, 0.5) is 13.2 Å². The van der Waals surface area contributed by atoms with Crippen LogP contribution in [0.5, 0.6) is 0 Å². The molecule has 3 rings (SSSR count). The zero-order valence-corrected chi connectivity index (χ0v) is 23.9. The van der Waals surface area contributed by atoms with Gasteiger partial charge in [0.05, 0.1) is 24.0 Å². The second kappa shape index (κ2) is 11.9. The van der Waals surface area contributed by atoms with E-state index in [9.17, 15) is 22.8 Å². The van der Waals surface area contributed by atoms with Gasteiger partial charge >= 0.3 is 12.1 Å². The van der Waals surface area contributed by atoms with Crippen LogP contribution in [-0.2, 0) is 15.7 Å². The third-order valence-corrected chi connectivity index (χ3v) is 9.00. The predicted molar refractivity (Wildman–Crippen MR) is 148 cm³/mol. The van der Waals surface area contributed by atoms with Crippen LogP contribution in [0.2, 0.25) is 0 Å². The molecule has 0 aliphatic rings. The summed E-state index contributed by atoms with van der Waals surface area (Å²) in [6.07, 6.45) is -4.25. The van der Waals surface area contributed by atoms with Gasteiger partial charge in [0.1, 0.15) is 0 Å². The molecule has 0 fully saturated rings. The molecule has 204 valence electrons. The Morgan fingerprint density at radius 1 is 1.00 bits per heavy atom. The van der Waals surface area contributed by atoms with Crippen LogP contribution in [0, 0.1) is 19.3 Å². The Hall–Kier alpha value is -2.78. The lowest BCUT2D eigenvalue weighted by Gasteiger charge is -2.30. The molecule has 1 atom stereocenters. The SMILES string of the molecule is COC(=O)CCNC(=O)c1ccc(C(Sc2cc(C)c(-c3ccc(C(F)(F)F)cc3)c(C)c2)C(C)(C)C)s1. The topological polar surface area (TPSA) is 55.4 Å². The van der Waals surface area contributed by atoms with E-state index in [1.807, 2.05) is 19.9 Å². The van der Waals surface area contributed by atoms with Crippen LogP contribution >= 0.6 is 23.1 Å². The summed E-state index contributed by atoms with van der Waals surface area (Å²) in [5.74, 6) is -0.605. The van der Waals surface area contributed by atoms with Gasteiger partial charge < -0.3 is 10.1 Å². The van der Waals surface area contributed by atoms with E-state index in [0.717, 1.165) is 44.2 Å². The number of nitrogens with one attached hydrogen (secondary N) is 1. The van der Waals surface area contributed by atoms with Crippen molar-refractivity contribution in [2.45, 2.75) is 57.4 Å². The van der Waals surface area contributed by atoms with Gasteiger partial charge in [0.15, 0.2) is 0 Å². The minimum Gasteiger partial charge on any atom is -0.469 e. The molecule has 1 N–H and O–H groups in total. The third-order valence-electron chi connectivity index (χ3n) is 6.00. The molecule has 0 spiro atoms. The number of hydrogen-bond donors (Lipinski definition) is 1. The number of aryl methyl sites for hydroxylation is 2. The number of alkyl halides is 3. The van der Waals surface area contributed by atoms with E-state index in [0.29, 0.717) is 4.88 Å². The number of thiophene rings is 1. The summed E-state index contributed by atoms with van der Waals surface area (Å²) in [6, 6.07) is 13.2. The van der Waals surface area contributed by atoms with Crippen molar-refractivity contribution in [2.75, 3.05) is 13.7 Å². The number of benzene rings is 2. The van der Waals surface area contributed by atoms with E-state index >= 15 is 0 Å². The smallest absolute Gasteiger partial charge is 0.416 e. The summed E-state index contributed by atoms with van der Waals surface area (Å²) in [5.41, 5.74) is 2.86. The fourth-order valence-electron chi connectivity index (χ4n) is 4.15. The molecular formula is C29H32F3NO3S2. The maximum absolute atomic E-state index is 13.0. The van der Waals surface area contributed by atoms with Crippen molar-refractivity contribution >= 4 is 35.0 Å². The molecule has 0 saturated carbocycles. The number of hydrogen-bond acceptors (Lipinski definition) is 5. The second-order valence-electron chi connectivity index (χ2n) is 10.2. The summed E-state index contributed by atoms with van der Waals surface area (Å²) in [5, 5.41) is 2.81. The van der Waals surface area contributed by atoms with E-state index in [2.05, 4.69) is 43.0 Å². The van der Waals surface area contributed by atoms with Gasteiger partial charge in [-0.05, 0) is 77.9 Å². The highest BCUT2D eigenvalue weighted by Gasteiger charge is 2.31. The van der Waals surface area contributed by atoms with E-state index in [1.165, 1.54) is 30.6 Å². The van der Waals surface area contributed by atoms with Crippen molar-refractivity contribution in [3.63, 3.8) is 0 Å². The quantitative estimate of drug-likeness (QED) is 0.222. The Kier molecular flexibility index (Phi) is 9.36. The molecule has 1 heterocycles. The van der Waals surface area contributed by atoms with Crippen LogP contribution in [0.3, 0.4) is 0 Å². The number of amides is 1. The number of thioether (sulfide) groups is 1. The van der Waals surface area contributed by atoms with Crippen LogP contribution in [-0.4, -0.2) is 25.5 Å². The minimum absolute atomic E-state index is 0.0554. The maximum atomic E-state index is 13.0. The van der Waals surface area contributed by atoms with Gasteiger partial charge in [-0.3, -0.25) is 9.59 Å². The number of rotatable bonds is 8.